The van der Waals surface area contributed by atoms with Gasteiger partial charge in [-0.25, -0.2) is 4.68 Å². The van der Waals surface area contributed by atoms with Gasteiger partial charge in [-0.3, -0.25) is 4.79 Å². The van der Waals surface area contributed by atoms with Crippen LogP contribution in [-0.2, 0) is 4.79 Å². The van der Waals surface area contributed by atoms with E-state index in [1.54, 1.807) is 18.5 Å². The Labute approximate surface area is 218 Å². The van der Waals surface area contributed by atoms with E-state index in [2.05, 4.69) is 22.4 Å². The monoisotopic (exact) mass is 515 g/mol. The maximum Gasteiger partial charge on any atom is 0.320 e. The van der Waals surface area contributed by atoms with Crippen molar-refractivity contribution < 1.29 is 15.0 Å². The third-order valence-corrected chi connectivity index (χ3v) is 7.37. The molecule has 1 aromatic heterocycles. The van der Waals surface area contributed by atoms with Crippen LogP contribution in [0.2, 0.25) is 0 Å². The summed E-state index contributed by atoms with van der Waals surface area (Å²) in [6.45, 7) is 7.81. The molecule has 1 heterocycles. The third kappa shape index (κ3) is 18.7. The minimum Gasteiger partial charge on any atom is -0.480 e. The molecule has 0 radical (unpaired) electrons. The number of tetrazole rings is 1. The average Bonchev–Trinajstić information content (AvgIpc) is 3.26. The van der Waals surface area contributed by atoms with Crippen molar-refractivity contribution in [1.29, 1.82) is 0 Å². The summed E-state index contributed by atoms with van der Waals surface area (Å²) in [5.74, 6) is 1.90. The number of nitrogens with zero attached hydrogens (tertiary/aromatic N) is 4. The second-order valence-electron chi connectivity index (χ2n) is 9.79. The highest BCUT2D eigenvalue weighted by Gasteiger charge is 2.15. The Morgan fingerprint density at radius 3 is 1.77 bits per heavy atom. The van der Waals surface area contributed by atoms with E-state index >= 15 is 0 Å². The number of aryl methyl sites for hydroxylation is 1. The van der Waals surface area contributed by atoms with Crippen molar-refractivity contribution in [2.24, 2.45) is 11.7 Å². The Bertz CT molecular complexity index is 616. The smallest absolute Gasteiger partial charge is 0.320 e. The Morgan fingerprint density at radius 2 is 1.43 bits per heavy atom. The molecule has 0 bridgehead atoms. The lowest BCUT2D eigenvalue weighted by atomic mass is 10.0. The van der Waals surface area contributed by atoms with E-state index in [-0.39, 0.29) is 18.6 Å². The lowest BCUT2D eigenvalue weighted by Crippen LogP contribution is -2.34. The maximum absolute atomic E-state index is 10.0. The van der Waals surface area contributed by atoms with Crippen molar-refractivity contribution in [3.8, 4) is 0 Å². The van der Waals surface area contributed by atoms with Crippen LogP contribution in [-0.4, -0.2) is 60.5 Å². The topological polar surface area (TPSA) is 127 Å². The van der Waals surface area contributed by atoms with Gasteiger partial charge in [-0.15, -0.1) is 5.10 Å². The first-order chi connectivity index (χ1) is 16.8. The zero-order valence-corrected chi connectivity index (χ0v) is 23.6. The van der Waals surface area contributed by atoms with Gasteiger partial charge in [0, 0.05) is 5.75 Å². The molecule has 206 valence electrons. The number of carboxylic acids is 1. The molecule has 1 aromatic rings. The molecule has 0 aliphatic heterocycles. The van der Waals surface area contributed by atoms with Crippen LogP contribution >= 0.6 is 11.8 Å². The second kappa shape index (κ2) is 23.2. The first kappa shape index (κ1) is 33.8. The minimum atomic E-state index is -0.931. The van der Waals surface area contributed by atoms with Gasteiger partial charge in [-0.1, -0.05) is 104 Å². The maximum atomic E-state index is 10.0. The van der Waals surface area contributed by atoms with Crippen LogP contribution in [0.15, 0.2) is 0 Å². The number of carboxylic acid groups (broad SMARTS) is 1. The van der Waals surface area contributed by atoms with Crippen LogP contribution in [0.1, 0.15) is 123 Å². The number of unbranched alkanes of at least 4 members (excludes halogenated alkanes) is 13. The Morgan fingerprint density at radius 1 is 0.943 bits per heavy atom. The predicted molar refractivity (Wildman–Crippen MR) is 147 cm³/mol. The van der Waals surface area contributed by atoms with E-state index in [9.17, 15) is 9.90 Å². The van der Waals surface area contributed by atoms with E-state index in [1.807, 2.05) is 18.7 Å². The van der Waals surface area contributed by atoms with Crippen LogP contribution in [0.4, 0.5) is 0 Å². The molecule has 0 amide bonds. The fraction of sp³-hybridized carbons (Fsp3) is 0.923. The molecule has 35 heavy (non-hydrogen) atoms. The van der Waals surface area contributed by atoms with Crippen LogP contribution in [0, 0.1) is 12.8 Å². The highest BCUT2D eigenvalue weighted by molar-refractivity contribution is 7.99. The number of aliphatic carboxylic acids is 1. The quantitative estimate of drug-likeness (QED) is 0.176. The highest BCUT2D eigenvalue weighted by atomic mass is 32.2. The number of carbonyl (C=O) groups is 1. The van der Waals surface area contributed by atoms with E-state index in [1.165, 1.54) is 89.9 Å². The molecule has 0 aromatic carbocycles. The molecule has 0 saturated carbocycles. The molecule has 4 N–H and O–H groups in total. The van der Waals surface area contributed by atoms with Crippen molar-refractivity contribution in [1.82, 2.24) is 20.2 Å². The molecular weight excluding hydrogens is 462 g/mol. The van der Waals surface area contributed by atoms with Crippen LogP contribution in [0.5, 0.6) is 0 Å². The summed E-state index contributed by atoms with van der Waals surface area (Å²) in [5, 5.41) is 29.3. The van der Waals surface area contributed by atoms with Crippen molar-refractivity contribution in [2.75, 3.05) is 18.1 Å². The average molecular weight is 516 g/mol. The summed E-state index contributed by atoms with van der Waals surface area (Å²) in [6, 6.07) is -0.716. The van der Waals surface area contributed by atoms with Gasteiger partial charge < -0.3 is 15.9 Å². The van der Waals surface area contributed by atoms with Crippen LogP contribution in [0.25, 0.3) is 0 Å². The molecule has 1 rings (SSSR count). The molecule has 9 heteroatoms. The number of aromatic nitrogens is 4. The van der Waals surface area contributed by atoms with Gasteiger partial charge in [0.25, 0.3) is 0 Å². The third-order valence-electron chi connectivity index (χ3n) is 6.17. The molecule has 0 fully saturated rings. The molecule has 0 aliphatic rings. The summed E-state index contributed by atoms with van der Waals surface area (Å²) >= 11 is 1.90. The van der Waals surface area contributed by atoms with Crippen LogP contribution in [0.3, 0.4) is 0 Å². The van der Waals surface area contributed by atoms with Gasteiger partial charge in [0.05, 0.1) is 12.6 Å². The van der Waals surface area contributed by atoms with Gasteiger partial charge in [0.2, 0.25) is 0 Å². The Kier molecular flexibility index (Phi) is 22.4. The lowest BCUT2D eigenvalue weighted by molar-refractivity contribution is -0.139. The second-order valence-corrected chi connectivity index (χ2v) is 10.9. The van der Waals surface area contributed by atoms with Crippen molar-refractivity contribution in [2.45, 2.75) is 130 Å². The van der Waals surface area contributed by atoms with Gasteiger partial charge in [-0.05, 0) is 35.4 Å². The number of aliphatic hydroxyl groups excluding tert-OH is 1. The number of hydrogen-bond acceptors (Lipinski definition) is 7. The number of thioether (sulfide) groups is 1. The van der Waals surface area contributed by atoms with E-state index in [0.717, 1.165) is 17.3 Å². The van der Waals surface area contributed by atoms with Gasteiger partial charge >= 0.3 is 5.97 Å². The van der Waals surface area contributed by atoms with Crippen LogP contribution < -0.4 is 5.73 Å². The standard InChI is InChI=1S/C21H42N4OS.C5H11NO2/c1-3-4-5-6-7-8-9-10-11-12-13-14-15-16-17-27-19-21(18-26)25-20(2)22-23-24-25;1-3(2)4(6)5(7)8/h21,26H,3-19H2,1-2H3;3-4H,6H2,1-2H3,(H,7,8)/t;4-/m.0/s1. The molecule has 1 unspecified atom stereocenters. The van der Waals surface area contributed by atoms with Gasteiger partial charge in [0.1, 0.15) is 11.9 Å². The first-order valence-corrected chi connectivity index (χ1v) is 14.9. The number of rotatable bonds is 21. The molecular formula is C26H53N5O3S. The Hall–Kier alpha value is -1.19. The number of aliphatic hydroxyl groups is 1. The van der Waals surface area contributed by atoms with E-state index in [0.29, 0.717) is 0 Å². The van der Waals surface area contributed by atoms with Crippen molar-refractivity contribution >= 4 is 17.7 Å². The van der Waals surface area contributed by atoms with E-state index in [4.69, 9.17) is 10.8 Å². The minimum absolute atomic E-state index is 0.00311. The fourth-order valence-corrected chi connectivity index (χ4v) is 4.77. The largest absolute Gasteiger partial charge is 0.480 e. The molecule has 0 saturated heterocycles. The Balaban J connectivity index is 0.00000124. The first-order valence-electron chi connectivity index (χ1n) is 13.8. The molecule has 0 spiro atoms. The zero-order valence-electron chi connectivity index (χ0n) is 22.8. The zero-order chi connectivity index (χ0) is 26.3. The normalized spacial score (nSPS) is 12.9. The molecule has 2 atom stereocenters. The van der Waals surface area contributed by atoms with Crippen molar-refractivity contribution in [3.63, 3.8) is 0 Å². The van der Waals surface area contributed by atoms with Crippen molar-refractivity contribution in [3.05, 3.63) is 5.82 Å². The number of nitrogens with two attached hydrogens (primary N) is 1. The predicted octanol–water partition coefficient (Wildman–Crippen LogP) is 5.78. The van der Waals surface area contributed by atoms with E-state index < -0.39 is 12.0 Å². The summed E-state index contributed by atoms with van der Waals surface area (Å²) < 4.78 is 1.73. The summed E-state index contributed by atoms with van der Waals surface area (Å²) in [4.78, 5) is 10.0. The molecule has 0 aliphatic carbocycles. The lowest BCUT2D eigenvalue weighted by Gasteiger charge is -2.14. The van der Waals surface area contributed by atoms with Gasteiger partial charge in [0.15, 0.2) is 0 Å². The number of hydrogen-bond donors (Lipinski definition) is 3. The highest BCUT2D eigenvalue weighted by Crippen LogP contribution is 2.17. The summed E-state index contributed by atoms with van der Waals surface area (Å²) in [5.41, 5.74) is 5.16. The summed E-state index contributed by atoms with van der Waals surface area (Å²) in [7, 11) is 0. The molecule has 8 nitrogen and oxygen atoms in total. The fourth-order valence-electron chi connectivity index (χ4n) is 3.68. The van der Waals surface area contributed by atoms with Gasteiger partial charge in [-0.2, -0.15) is 11.8 Å². The summed E-state index contributed by atoms with van der Waals surface area (Å²) in [6.07, 6.45) is 19.6. The SMILES string of the molecule is CC(C)[C@H](N)C(=O)O.CCCCCCCCCCCCCCCCSCC(CO)n1nnnc1C.